The zero-order chi connectivity index (χ0) is 14.6. The maximum Gasteiger partial charge on any atom is 0.573 e. The van der Waals surface area contributed by atoms with Gasteiger partial charge in [-0.25, -0.2) is 4.79 Å². The van der Waals surface area contributed by atoms with Crippen LogP contribution in [0.3, 0.4) is 0 Å². The molecule has 0 aliphatic heterocycles. The van der Waals surface area contributed by atoms with Crippen molar-refractivity contribution in [3.05, 3.63) is 23.3 Å². The molecular weight excluding hydrogens is 267 g/mol. The topological polar surface area (TPSA) is 68.5 Å². The Kier molecular flexibility index (Phi) is 4.22. The molecule has 0 radical (unpaired) electrons. The number of methoxy groups -OCH3 is 2. The fourth-order valence-electron chi connectivity index (χ4n) is 1.36. The van der Waals surface area contributed by atoms with Gasteiger partial charge in [0.05, 0.1) is 14.2 Å². The molecule has 0 saturated carbocycles. The van der Waals surface area contributed by atoms with E-state index in [0.717, 1.165) is 26.4 Å². The number of carbonyl (C=O) groups is 1. The van der Waals surface area contributed by atoms with Crippen molar-refractivity contribution in [1.29, 1.82) is 5.26 Å². The number of hydrogen-bond donors (Lipinski definition) is 0. The molecule has 5 nitrogen and oxygen atoms in total. The molecule has 0 aliphatic rings. The van der Waals surface area contributed by atoms with Gasteiger partial charge in [-0.15, -0.1) is 13.2 Å². The summed E-state index contributed by atoms with van der Waals surface area (Å²) >= 11 is 0. The van der Waals surface area contributed by atoms with E-state index in [2.05, 4.69) is 9.47 Å². The third-order valence-corrected chi connectivity index (χ3v) is 2.07. The van der Waals surface area contributed by atoms with E-state index in [4.69, 9.17) is 10.00 Å². The molecule has 0 fully saturated rings. The van der Waals surface area contributed by atoms with Crippen LogP contribution < -0.4 is 9.47 Å². The maximum atomic E-state index is 12.2. The number of nitriles is 1. The van der Waals surface area contributed by atoms with Crippen LogP contribution in [-0.2, 0) is 4.74 Å². The molecule has 1 aromatic rings. The summed E-state index contributed by atoms with van der Waals surface area (Å²) in [6, 6.07) is 3.37. The van der Waals surface area contributed by atoms with Crippen molar-refractivity contribution in [2.45, 2.75) is 6.36 Å². The largest absolute Gasteiger partial charge is 0.573 e. The molecule has 0 aliphatic carbocycles. The Balaban J connectivity index is 3.40. The molecule has 0 heterocycles. The molecule has 0 aromatic heterocycles. The first kappa shape index (κ1) is 14.6. The quantitative estimate of drug-likeness (QED) is 0.791. The molecule has 1 rings (SSSR count). The first-order chi connectivity index (χ1) is 8.84. The van der Waals surface area contributed by atoms with Crippen LogP contribution in [0.5, 0.6) is 11.5 Å². The van der Waals surface area contributed by atoms with Crippen LogP contribution in [0.25, 0.3) is 0 Å². The fraction of sp³-hybridized carbons (Fsp3) is 0.273. The average Bonchev–Trinajstić information content (AvgIpc) is 2.35. The standard InChI is InChI=1S/C11H8F3NO4/c1-17-9-6(10(16)18-2)3-4-8(7(9)5-15)19-11(12,13)14/h3-4H,1-2H3. The zero-order valence-electron chi connectivity index (χ0n) is 9.87. The summed E-state index contributed by atoms with van der Waals surface area (Å²) in [6.45, 7) is 0. The van der Waals surface area contributed by atoms with Gasteiger partial charge in [0.25, 0.3) is 0 Å². The van der Waals surface area contributed by atoms with Crippen LogP contribution in [0.2, 0.25) is 0 Å². The molecule has 8 heteroatoms. The highest BCUT2D eigenvalue weighted by molar-refractivity contribution is 5.94. The summed E-state index contributed by atoms with van der Waals surface area (Å²) in [7, 11) is 2.20. The molecular formula is C11H8F3NO4. The molecule has 102 valence electrons. The molecule has 0 bridgehead atoms. The Morgan fingerprint density at radius 1 is 1.32 bits per heavy atom. The second kappa shape index (κ2) is 5.48. The lowest BCUT2D eigenvalue weighted by atomic mass is 10.1. The van der Waals surface area contributed by atoms with Gasteiger partial charge >= 0.3 is 12.3 Å². The van der Waals surface area contributed by atoms with Gasteiger partial charge in [0, 0.05) is 0 Å². The van der Waals surface area contributed by atoms with Crippen molar-refractivity contribution >= 4 is 5.97 Å². The second-order valence-corrected chi connectivity index (χ2v) is 3.17. The summed E-state index contributed by atoms with van der Waals surface area (Å²) in [5, 5.41) is 8.88. The summed E-state index contributed by atoms with van der Waals surface area (Å²) in [6.07, 6.45) is -4.95. The Morgan fingerprint density at radius 3 is 2.37 bits per heavy atom. The predicted octanol–water partition coefficient (Wildman–Crippen LogP) is 2.25. The fourth-order valence-corrected chi connectivity index (χ4v) is 1.36. The van der Waals surface area contributed by atoms with Gasteiger partial charge in [-0.2, -0.15) is 5.26 Å². The van der Waals surface area contributed by atoms with Gasteiger partial charge in [0.15, 0.2) is 11.5 Å². The minimum atomic E-state index is -4.95. The number of hydrogen-bond acceptors (Lipinski definition) is 5. The van der Waals surface area contributed by atoms with Crippen molar-refractivity contribution in [3.8, 4) is 17.6 Å². The monoisotopic (exact) mass is 275 g/mol. The Hall–Kier alpha value is -2.43. The van der Waals surface area contributed by atoms with Crippen molar-refractivity contribution in [2.75, 3.05) is 14.2 Å². The lowest BCUT2D eigenvalue weighted by molar-refractivity contribution is -0.274. The average molecular weight is 275 g/mol. The van der Waals surface area contributed by atoms with Crippen LogP contribution >= 0.6 is 0 Å². The summed E-state index contributed by atoms with van der Waals surface area (Å²) in [5.74, 6) is -1.93. The van der Waals surface area contributed by atoms with Gasteiger partial charge in [0.2, 0.25) is 0 Å². The van der Waals surface area contributed by atoms with Crippen molar-refractivity contribution in [1.82, 2.24) is 0 Å². The first-order valence-corrected chi connectivity index (χ1v) is 4.79. The molecule has 0 unspecified atom stereocenters. The lowest BCUT2D eigenvalue weighted by Crippen LogP contribution is -2.18. The normalized spacial score (nSPS) is 10.5. The molecule has 0 atom stereocenters. The van der Waals surface area contributed by atoms with Crippen molar-refractivity contribution < 1.29 is 32.2 Å². The molecule has 0 N–H and O–H groups in total. The summed E-state index contributed by atoms with van der Waals surface area (Å²) in [5.41, 5.74) is -0.709. The van der Waals surface area contributed by atoms with Crippen LogP contribution in [0.4, 0.5) is 13.2 Å². The van der Waals surface area contributed by atoms with E-state index in [1.807, 2.05) is 0 Å². The van der Waals surface area contributed by atoms with E-state index >= 15 is 0 Å². The van der Waals surface area contributed by atoms with Gasteiger partial charge in [0.1, 0.15) is 17.2 Å². The second-order valence-electron chi connectivity index (χ2n) is 3.17. The van der Waals surface area contributed by atoms with Crippen molar-refractivity contribution in [3.63, 3.8) is 0 Å². The lowest BCUT2D eigenvalue weighted by Gasteiger charge is -2.14. The van der Waals surface area contributed by atoms with E-state index in [0.29, 0.717) is 0 Å². The first-order valence-electron chi connectivity index (χ1n) is 4.79. The van der Waals surface area contributed by atoms with Gasteiger partial charge < -0.3 is 14.2 Å². The zero-order valence-corrected chi connectivity index (χ0v) is 9.87. The third-order valence-electron chi connectivity index (χ3n) is 2.07. The molecule has 0 amide bonds. The highest BCUT2D eigenvalue weighted by Gasteiger charge is 2.33. The molecule has 0 saturated heterocycles. The Labute approximate surface area is 106 Å². The van der Waals surface area contributed by atoms with E-state index in [1.165, 1.54) is 6.07 Å². The Morgan fingerprint density at radius 2 is 1.95 bits per heavy atom. The van der Waals surface area contributed by atoms with E-state index in [1.54, 1.807) is 0 Å². The molecule has 1 aromatic carbocycles. The van der Waals surface area contributed by atoms with Gasteiger partial charge in [-0.1, -0.05) is 0 Å². The highest BCUT2D eigenvalue weighted by Crippen LogP contribution is 2.34. The minimum Gasteiger partial charge on any atom is -0.494 e. The van der Waals surface area contributed by atoms with Crippen LogP contribution in [0, 0.1) is 11.3 Å². The van der Waals surface area contributed by atoms with E-state index < -0.39 is 23.6 Å². The number of nitrogens with zero attached hydrogens (tertiary/aromatic N) is 1. The predicted molar refractivity (Wildman–Crippen MR) is 55.7 cm³/mol. The summed E-state index contributed by atoms with van der Waals surface area (Å²) < 4.78 is 49.3. The van der Waals surface area contributed by atoms with E-state index in [9.17, 15) is 18.0 Å². The van der Waals surface area contributed by atoms with Crippen LogP contribution in [0.1, 0.15) is 15.9 Å². The Bertz CT molecular complexity index is 534. The maximum absolute atomic E-state index is 12.2. The van der Waals surface area contributed by atoms with Gasteiger partial charge in [-0.05, 0) is 12.1 Å². The number of esters is 1. The molecule has 0 spiro atoms. The third kappa shape index (κ3) is 3.28. The number of ether oxygens (including phenoxy) is 3. The highest BCUT2D eigenvalue weighted by atomic mass is 19.4. The number of alkyl halides is 3. The number of carbonyl (C=O) groups excluding carboxylic acids is 1. The molecule has 19 heavy (non-hydrogen) atoms. The van der Waals surface area contributed by atoms with Gasteiger partial charge in [-0.3, -0.25) is 0 Å². The van der Waals surface area contributed by atoms with Crippen LogP contribution in [0.15, 0.2) is 12.1 Å². The minimum absolute atomic E-state index is 0.170. The SMILES string of the molecule is COC(=O)c1ccc(OC(F)(F)F)c(C#N)c1OC. The van der Waals surface area contributed by atoms with E-state index in [-0.39, 0.29) is 11.3 Å². The van der Waals surface area contributed by atoms with Crippen LogP contribution in [-0.4, -0.2) is 26.6 Å². The summed E-state index contributed by atoms with van der Waals surface area (Å²) in [4.78, 5) is 11.4. The number of benzene rings is 1. The number of halogens is 3. The smallest absolute Gasteiger partial charge is 0.494 e. The van der Waals surface area contributed by atoms with Crippen molar-refractivity contribution in [2.24, 2.45) is 0 Å². The number of rotatable bonds is 3.